The molecule has 0 aliphatic rings. The van der Waals surface area contributed by atoms with Crippen molar-refractivity contribution in [3.05, 3.63) is 12.7 Å². The first-order valence-corrected chi connectivity index (χ1v) is 17.6. The zero-order valence-electron chi connectivity index (χ0n) is 3.63. The van der Waals surface area contributed by atoms with Crippen LogP contribution in [0.5, 0.6) is 0 Å². The van der Waals surface area contributed by atoms with Crippen molar-refractivity contribution >= 4 is 25.7 Å². The molecule has 0 saturated carbocycles. The van der Waals surface area contributed by atoms with E-state index in [9.17, 15) is 0 Å². The summed E-state index contributed by atoms with van der Waals surface area (Å²) in [5.74, 6) is 0. The summed E-state index contributed by atoms with van der Waals surface area (Å²) >= 11 is -3.08. The van der Waals surface area contributed by atoms with Crippen LogP contribution >= 0.6 is 25.7 Å². The first-order chi connectivity index (χ1) is 3.06. The van der Waals surface area contributed by atoms with Crippen molar-refractivity contribution in [2.45, 2.75) is 4.18 Å². The van der Waals surface area contributed by atoms with E-state index in [0.717, 1.165) is 0 Å². The maximum atomic E-state index is 5.52. The van der Waals surface area contributed by atoms with Crippen molar-refractivity contribution in [2.75, 3.05) is 0 Å². The van der Waals surface area contributed by atoms with Crippen molar-refractivity contribution in [3.8, 4) is 0 Å². The summed E-state index contributed by atoms with van der Waals surface area (Å²) in [5.41, 5.74) is 0. The van der Waals surface area contributed by atoms with Crippen LogP contribution in [-0.2, 0) is 16.4 Å². The standard InChI is InChI=1S/C3H5.3ClH.Hf/c1-3-2;;;;/h3H,1-2H2;3*1H;/q;;;;+3/p-3. The number of hydrogen-bond donors (Lipinski definition) is 0. The molecule has 0 bridgehead atoms. The Kier molecular flexibility index (Phi) is 4.23. The van der Waals surface area contributed by atoms with E-state index in [2.05, 4.69) is 6.58 Å². The molecule has 0 aromatic carbocycles. The minimum absolute atomic E-state index is 0.623. The van der Waals surface area contributed by atoms with Crippen LogP contribution in [0.1, 0.15) is 0 Å². The van der Waals surface area contributed by atoms with Gasteiger partial charge in [0.2, 0.25) is 0 Å². The Bertz CT molecular complexity index is 65.1. The fourth-order valence-corrected chi connectivity index (χ4v) is 4.02. The Balaban J connectivity index is 3.34. The summed E-state index contributed by atoms with van der Waals surface area (Å²) in [6.07, 6.45) is 1.66. The maximum absolute atomic E-state index is 5.52. The molecule has 0 spiro atoms. The fourth-order valence-electron chi connectivity index (χ4n) is 0.164. The van der Waals surface area contributed by atoms with E-state index < -0.39 is 16.4 Å². The first-order valence-electron chi connectivity index (χ1n) is 1.74. The molecule has 4 heteroatoms. The molecule has 0 aromatic heterocycles. The first kappa shape index (κ1) is 8.48. The average molecular weight is 326 g/mol. The van der Waals surface area contributed by atoms with Gasteiger partial charge in [0.25, 0.3) is 0 Å². The van der Waals surface area contributed by atoms with Crippen molar-refractivity contribution < 1.29 is 16.4 Å². The zero-order valence-corrected chi connectivity index (χ0v) is 9.49. The molecule has 0 aliphatic heterocycles. The molecule has 0 nitrogen and oxygen atoms in total. The second kappa shape index (κ2) is 3.50. The normalized spacial score (nSPS) is 11.3. The predicted octanol–water partition coefficient (Wildman–Crippen LogP) is 3.21. The van der Waals surface area contributed by atoms with E-state index in [4.69, 9.17) is 25.7 Å². The van der Waals surface area contributed by atoms with Gasteiger partial charge in [-0.25, -0.2) is 0 Å². The average Bonchev–Trinajstić information content (AvgIpc) is 1.30. The van der Waals surface area contributed by atoms with Crippen LogP contribution in [0.2, 0.25) is 4.18 Å². The summed E-state index contributed by atoms with van der Waals surface area (Å²) < 4.78 is 0.623. The molecule has 0 amide bonds. The molecule has 0 radical (unpaired) electrons. The van der Waals surface area contributed by atoms with Crippen molar-refractivity contribution in [3.63, 3.8) is 0 Å². The summed E-state index contributed by atoms with van der Waals surface area (Å²) in [6.45, 7) is 3.45. The predicted molar refractivity (Wildman–Crippen MR) is 32.6 cm³/mol. The van der Waals surface area contributed by atoms with E-state index in [1.54, 1.807) is 6.08 Å². The fraction of sp³-hybridized carbons (Fsp3) is 0.333. The van der Waals surface area contributed by atoms with E-state index >= 15 is 0 Å². The van der Waals surface area contributed by atoms with Crippen LogP contribution in [-0.4, -0.2) is 0 Å². The van der Waals surface area contributed by atoms with Crippen LogP contribution in [0, 0.1) is 0 Å². The molecule has 0 rings (SSSR count). The van der Waals surface area contributed by atoms with Gasteiger partial charge in [-0.15, -0.1) is 0 Å². The van der Waals surface area contributed by atoms with Crippen LogP contribution in [0.3, 0.4) is 0 Å². The Morgan fingerprint density at radius 2 is 1.86 bits per heavy atom. The van der Waals surface area contributed by atoms with Crippen molar-refractivity contribution in [1.29, 1.82) is 0 Å². The van der Waals surface area contributed by atoms with Crippen LogP contribution in [0.25, 0.3) is 0 Å². The Morgan fingerprint density at radius 1 is 1.43 bits per heavy atom. The molecule has 42 valence electrons. The van der Waals surface area contributed by atoms with E-state index in [1.807, 2.05) is 0 Å². The number of allylic oxidation sites excluding steroid dienone is 1. The Labute approximate surface area is 58.5 Å². The van der Waals surface area contributed by atoms with Gasteiger partial charge in [-0.2, -0.15) is 0 Å². The summed E-state index contributed by atoms with van der Waals surface area (Å²) in [7, 11) is 16.5. The SMILES string of the molecule is C=C[CH2][Hf]([Cl])([Cl])[Cl]. The Hall–Kier alpha value is 1.48. The van der Waals surface area contributed by atoms with Crippen molar-refractivity contribution in [2.24, 2.45) is 0 Å². The quantitative estimate of drug-likeness (QED) is 0.540. The second-order valence-corrected chi connectivity index (χ2v) is 27.6. The molecule has 0 fully saturated rings. The van der Waals surface area contributed by atoms with Gasteiger partial charge in [-0.05, 0) is 0 Å². The van der Waals surface area contributed by atoms with Crippen LogP contribution in [0.4, 0.5) is 0 Å². The summed E-state index contributed by atoms with van der Waals surface area (Å²) in [6, 6.07) is 0. The third kappa shape index (κ3) is 7.48. The molecule has 0 heterocycles. The number of halogens is 3. The molecule has 0 N–H and O–H groups in total. The molecule has 7 heavy (non-hydrogen) atoms. The monoisotopic (exact) mass is 326 g/mol. The topological polar surface area (TPSA) is 0 Å². The van der Waals surface area contributed by atoms with Crippen molar-refractivity contribution in [1.82, 2.24) is 0 Å². The van der Waals surface area contributed by atoms with E-state index in [-0.39, 0.29) is 0 Å². The molecule has 0 saturated heterocycles. The van der Waals surface area contributed by atoms with Crippen LogP contribution < -0.4 is 0 Å². The molecular weight excluding hydrogens is 321 g/mol. The van der Waals surface area contributed by atoms with Gasteiger partial charge in [-0.1, -0.05) is 0 Å². The third-order valence-corrected chi connectivity index (χ3v) is 6.87. The van der Waals surface area contributed by atoms with Gasteiger partial charge in [0.1, 0.15) is 0 Å². The van der Waals surface area contributed by atoms with Gasteiger partial charge >= 0.3 is 59.0 Å². The molecule has 0 unspecified atom stereocenters. The summed E-state index contributed by atoms with van der Waals surface area (Å²) in [5, 5.41) is 0. The third-order valence-electron chi connectivity index (χ3n) is 0.376. The van der Waals surface area contributed by atoms with E-state index in [0.29, 0.717) is 4.18 Å². The van der Waals surface area contributed by atoms with Gasteiger partial charge in [0, 0.05) is 0 Å². The zero-order chi connectivity index (χ0) is 5.91. The van der Waals surface area contributed by atoms with Gasteiger partial charge < -0.3 is 0 Å². The van der Waals surface area contributed by atoms with Crippen LogP contribution in [0.15, 0.2) is 12.7 Å². The Morgan fingerprint density at radius 3 is 1.86 bits per heavy atom. The number of rotatable bonds is 2. The number of hydrogen-bond acceptors (Lipinski definition) is 0. The minimum atomic E-state index is -3.08. The van der Waals surface area contributed by atoms with Gasteiger partial charge in [-0.3, -0.25) is 0 Å². The van der Waals surface area contributed by atoms with E-state index in [1.165, 1.54) is 0 Å². The van der Waals surface area contributed by atoms with Gasteiger partial charge in [0.05, 0.1) is 0 Å². The summed E-state index contributed by atoms with van der Waals surface area (Å²) in [4.78, 5) is 0. The molecule has 0 aromatic rings. The molecular formula is C3H5Cl3Hf. The molecule has 0 aliphatic carbocycles. The second-order valence-electron chi connectivity index (χ2n) is 1.11. The van der Waals surface area contributed by atoms with Gasteiger partial charge in [0.15, 0.2) is 0 Å². The molecule has 0 atom stereocenters.